The maximum Gasteiger partial charge on any atom is 0.251 e. The van der Waals surface area contributed by atoms with E-state index in [9.17, 15) is 9.18 Å². The summed E-state index contributed by atoms with van der Waals surface area (Å²) in [5.74, 6) is 0.587. The number of aromatic nitrogens is 1. The van der Waals surface area contributed by atoms with Gasteiger partial charge in [0.15, 0.2) is 11.5 Å². The molecule has 6 heteroatoms. The van der Waals surface area contributed by atoms with E-state index < -0.39 is 5.95 Å². The Hall–Kier alpha value is -2.63. The average molecular weight is 356 g/mol. The van der Waals surface area contributed by atoms with Crippen molar-refractivity contribution in [3.63, 3.8) is 0 Å². The molecule has 0 bridgehead atoms. The largest absolute Gasteiger partial charge is 0.454 e. The lowest BCUT2D eigenvalue weighted by atomic mass is 9.69. The Morgan fingerprint density at radius 1 is 1.12 bits per heavy atom. The number of carbonyl (C=O) groups is 1. The average Bonchev–Trinajstić information content (AvgIpc) is 3.15. The van der Waals surface area contributed by atoms with Crippen molar-refractivity contribution in [3.8, 4) is 11.5 Å². The summed E-state index contributed by atoms with van der Waals surface area (Å²) >= 11 is 0. The van der Waals surface area contributed by atoms with Crippen LogP contribution in [-0.2, 0) is 5.41 Å². The van der Waals surface area contributed by atoms with Crippen LogP contribution in [0.1, 0.15) is 48.0 Å². The Kier molecular flexibility index (Phi) is 4.49. The van der Waals surface area contributed by atoms with E-state index in [1.54, 1.807) is 0 Å². The third-order valence-electron chi connectivity index (χ3n) is 5.37. The van der Waals surface area contributed by atoms with Crippen LogP contribution in [0.4, 0.5) is 4.39 Å². The van der Waals surface area contributed by atoms with Crippen molar-refractivity contribution in [3.05, 3.63) is 53.6 Å². The maximum absolute atomic E-state index is 13.3. The second-order valence-electron chi connectivity index (χ2n) is 6.96. The summed E-state index contributed by atoms with van der Waals surface area (Å²) in [5.41, 5.74) is 1.30. The van der Waals surface area contributed by atoms with Crippen LogP contribution in [0.2, 0.25) is 0 Å². The molecular weight excluding hydrogens is 335 g/mol. The number of hydrogen-bond donors (Lipinski definition) is 1. The predicted octanol–water partition coefficient (Wildman–Crippen LogP) is 3.58. The van der Waals surface area contributed by atoms with Crippen molar-refractivity contribution < 1.29 is 18.7 Å². The van der Waals surface area contributed by atoms with E-state index >= 15 is 0 Å². The zero-order valence-electron chi connectivity index (χ0n) is 14.5. The summed E-state index contributed by atoms with van der Waals surface area (Å²) in [7, 11) is 0. The van der Waals surface area contributed by atoms with Gasteiger partial charge in [0.1, 0.15) is 0 Å². The van der Waals surface area contributed by atoms with Crippen LogP contribution in [-0.4, -0.2) is 24.2 Å². The van der Waals surface area contributed by atoms with E-state index in [4.69, 9.17) is 9.47 Å². The molecule has 2 heterocycles. The summed E-state index contributed by atoms with van der Waals surface area (Å²) < 4.78 is 24.2. The number of carbonyl (C=O) groups excluding carboxylic acids is 1. The smallest absolute Gasteiger partial charge is 0.251 e. The van der Waals surface area contributed by atoms with Gasteiger partial charge in [-0.2, -0.15) is 4.39 Å². The lowest BCUT2D eigenvalue weighted by molar-refractivity contribution is 0.0936. The summed E-state index contributed by atoms with van der Waals surface area (Å²) in [5, 5.41) is 3.00. The molecule has 136 valence electrons. The Morgan fingerprint density at radius 2 is 1.92 bits per heavy atom. The third kappa shape index (κ3) is 3.23. The minimum atomic E-state index is -0.652. The number of hydrogen-bond acceptors (Lipinski definition) is 4. The number of nitrogens with zero attached hydrogens (tertiary/aromatic N) is 1. The zero-order chi connectivity index (χ0) is 18.0. The first-order chi connectivity index (χ1) is 12.7. The van der Waals surface area contributed by atoms with Crippen LogP contribution >= 0.6 is 0 Å². The van der Waals surface area contributed by atoms with Crippen molar-refractivity contribution in [1.29, 1.82) is 0 Å². The third-order valence-corrected chi connectivity index (χ3v) is 5.37. The lowest BCUT2D eigenvalue weighted by Gasteiger charge is -2.38. The summed E-state index contributed by atoms with van der Waals surface area (Å²) in [6.45, 7) is 0.756. The van der Waals surface area contributed by atoms with Gasteiger partial charge >= 0.3 is 0 Å². The van der Waals surface area contributed by atoms with E-state index in [2.05, 4.69) is 16.4 Å². The van der Waals surface area contributed by atoms with Gasteiger partial charge < -0.3 is 14.8 Å². The van der Waals surface area contributed by atoms with Crippen LogP contribution in [0.25, 0.3) is 0 Å². The molecule has 0 radical (unpaired) electrons. The van der Waals surface area contributed by atoms with Gasteiger partial charge in [-0.1, -0.05) is 25.3 Å². The topological polar surface area (TPSA) is 60.5 Å². The monoisotopic (exact) mass is 356 g/mol. The number of halogens is 1. The van der Waals surface area contributed by atoms with E-state index in [1.165, 1.54) is 18.7 Å². The Bertz CT molecular complexity index is 818. The number of benzene rings is 1. The van der Waals surface area contributed by atoms with Crippen LogP contribution in [0.3, 0.4) is 0 Å². The Balaban J connectivity index is 1.56. The lowest BCUT2D eigenvalue weighted by Crippen LogP contribution is -2.42. The second kappa shape index (κ2) is 6.94. The molecule has 0 spiro atoms. The van der Waals surface area contributed by atoms with Crippen LogP contribution < -0.4 is 14.8 Å². The number of ether oxygens (including phenoxy) is 2. The molecule has 1 aromatic heterocycles. The highest BCUT2D eigenvalue weighted by Crippen LogP contribution is 2.43. The maximum atomic E-state index is 13.3. The first kappa shape index (κ1) is 16.8. The Morgan fingerprint density at radius 3 is 2.73 bits per heavy atom. The van der Waals surface area contributed by atoms with Crippen molar-refractivity contribution >= 4 is 5.91 Å². The van der Waals surface area contributed by atoms with Crippen molar-refractivity contribution in [1.82, 2.24) is 10.3 Å². The molecule has 1 saturated carbocycles. The van der Waals surface area contributed by atoms with Crippen LogP contribution in [0.15, 0.2) is 36.5 Å². The van der Waals surface area contributed by atoms with Gasteiger partial charge in [-0.05, 0) is 36.6 Å². The number of nitrogens with one attached hydrogen (secondary N) is 1. The SMILES string of the molecule is O=C(NCC1(c2ccc3c(c2)OCO3)CCCCC1)c1ccnc(F)c1. The van der Waals surface area contributed by atoms with E-state index in [-0.39, 0.29) is 23.7 Å². The number of rotatable bonds is 4. The highest BCUT2D eigenvalue weighted by molar-refractivity contribution is 5.94. The molecule has 0 saturated heterocycles. The first-order valence-electron chi connectivity index (χ1n) is 8.96. The first-order valence-corrected chi connectivity index (χ1v) is 8.96. The van der Waals surface area contributed by atoms with Crippen molar-refractivity contribution in [2.24, 2.45) is 0 Å². The molecule has 1 aromatic carbocycles. The summed E-state index contributed by atoms with van der Waals surface area (Å²) in [6, 6.07) is 8.72. The van der Waals surface area contributed by atoms with Crippen LogP contribution in [0, 0.1) is 5.95 Å². The number of amides is 1. The second-order valence-corrected chi connectivity index (χ2v) is 6.96. The fourth-order valence-electron chi connectivity index (χ4n) is 3.92. The van der Waals surface area contributed by atoms with Gasteiger partial charge in [0.05, 0.1) is 0 Å². The van der Waals surface area contributed by atoms with Gasteiger partial charge in [-0.3, -0.25) is 4.79 Å². The van der Waals surface area contributed by atoms with Gasteiger partial charge in [0.25, 0.3) is 5.91 Å². The molecule has 2 aliphatic rings. The molecule has 1 N–H and O–H groups in total. The number of pyridine rings is 1. The predicted molar refractivity (Wildman–Crippen MR) is 93.9 cm³/mol. The molecule has 2 aromatic rings. The highest BCUT2D eigenvalue weighted by atomic mass is 19.1. The molecule has 0 unspecified atom stereocenters. The molecule has 26 heavy (non-hydrogen) atoms. The van der Waals surface area contributed by atoms with E-state index in [0.29, 0.717) is 6.54 Å². The quantitative estimate of drug-likeness (QED) is 0.851. The van der Waals surface area contributed by atoms with Gasteiger partial charge in [-0.25, -0.2) is 4.98 Å². The molecule has 0 atom stereocenters. The van der Waals surface area contributed by atoms with E-state index in [1.807, 2.05) is 12.1 Å². The minimum absolute atomic E-state index is 0.138. The van der Waals surface area contributed by atoms with Crippen molar-refractivity contribution in [2.45, 2.75) is 37.5 Å². The normalized spacial score (nSPS) is 17.7. The van der Waals surface area contributed by atoms with Crippen LogP contribution in [0.5, 0.6) is 11.5 Å². The van der Waals surface area contributed by atoms with Gasteiger partial charge in [-0.15, -0.1) is 0 Å². The fraction of sp³-hybridized carbons (Fsp3) is 0.400. The van der Waals surface area contributed by atoms with Gasteiger partial charge in [0, 0.05) is 29.8 Å². The minimum Gasteiger partial charge on any atom is -0.454 e. The zero-order valence-corrected chi connectivity index (χ0v) is 14.5. The molecular formula is C20H21FN2O3. The van der Waals surface area contributed by atoms with Gasteiger partial charge in [0.2, 0.25) is 12.7 Å². The standard InChI is InChI=1S/C20H21FN2O3/c21-18-10-14(6-9-22-18)19(24)23-12-20(7-2-1-3-8-20)15-4-5-16-17(11-15)26-13-25-16/h4-6,9-11H,1-3,7-8,12-13H2,(H,23,24). The molecule has 1 aliphatic heterocycles. The molecule has 1 aliphatic carbocycles. The molecule has 1 fully saturated rings. The molecule has 5 nitrogen and oxygen atoms in total. The highest BCUT2D eigenvalue weighted by Gasteiger charge is 2.35. The summed E-state index contributed by atoms with van der Waals surface area (Å²) in [6.07, 6.45) is 6.74. The van der Waals surface area contributed by atoms with E-state index in [0.717, 1.165) is 48.8 Å². The molecule has 4 rings (SSSR count). The molecule has 1 amide bonds. The fourth-order valence-corrected chi connectivity index (χ4v) is 3.92. The number of fused-ring (bicyclic) bond motifs is 1. The van der Waals surface area contributed by atoms with Crippen molar-refractivity contribution in [2.75, 3.05) is 13.3 Å². The Labute approximate surface area is 151 Å². The summed E-state index contributed by atoms with van der Waals surface area (Å²) in [4.78, 5) is 15.9.